The molecule has 6 nitrogen and oxygen atoms in total. The standard InChI is InChI=1S/C9H12N4O2S3/c1-5-8(17-9(10)12-5)18(14,15)11-3-7-4-16-6(2)13-7/h4,11H,3H2,1-2H3,(H2,10,12). The summed E-state index contributed by atoms with van der Waals surface area (Å²) in [6, 6.07) is 0. The molecule has 0 amide bonds. The van der Waals surface area contributed by atoms with Crippen molar-refractivity contribution in [3.05, 3.63) is 21.8 Å². The van der Waals surface area contributed by atoms with Gasteiger partial charge in [0.2, 0.25) is 0 Å². The van der Waals surface area contributed by atoms with Gasteiger partial charge in [-0.25, -0.2) is 23.1 Å². The number of hydrogen-bond acceptors (Lipinski definition) is 7. The molecule has 0 aliphatic rings. The molecule has 0 aromatic carbocycles. The minimum absolute atomic E-state index is 0.159. The summed E-state index contributed by atoms with van der Waals surface area (Å²) in [5, 5.41) is 2.98. The molecular formula is C9H12N4O2S3. The first-order valence-corrected chi connectivity index (χ1v) is 8.20. The van der Waals surface area contributed by atoms with Crippen molar-refractivity contribution < 1.29 is 8.42 Å². The van der Waals surface area contributed by atoms with Gasteiger partial charge in [-0.05, 0) is 13.8 Å². The van der Waals surface area contributed by atoms with Crippen molar-refractivity contribution in [2.24, 2.45) is 0 Å². The zero-order chi connectivity index (χ0) is 13.3. The number of nitrogen functional groups attached to an aromatic ring is 1. The van der Waals surface area contributed by atoms with Crippen LogP contribution in [0.4, 0.5) is 5.13 Å². The van der Waals surface area contributed by atoms with Crippen molar-refractivity contribution in [2.75, 3.05) is 5.73 Å². The SMILES string of the molecule is Cc1nc(CNS(=O)(=O)c2sc(N)nc2C)cs1. The summed E-state index contributed by atoms with van der Waals surface area (Å²) < 4.78 is 26.7. The number of aromatic nitrogens is 2. The van der Waals surface area contributed by atoms with Gasteiger partial charge in [0.05, 0.1) is 22.9 Å². The van der Waals surface area contributed by atoms with Gasteiger partial charge < -0.3 is 5.73 Å². The number of anilines is 1. The third kappa shape index (κ3) is 2.86. The van der Waals surface area contributed by atoms with E-state index in [-0.39, 0.29) is 15.9 Å². The molecule has 0 aliphatic heterocycles. The lowest BCUT2D eigenvalue weighted by molar-refractivity contribution is 0.582. The molecule has 0 saturated heterocycles. The molecule has 18 heavy (non-hydrogen) atoms. The second kappa shape index (κ2) is 4.92. The van der Waals surface area contributed by atoms with Crippen molar-refractivity contribution in [3.63, 3.8) is 0 Å². The van der Waals surface area contributed by atoms with Gasteiger partial charge in [0, 0.05) is 5.38 Å². The maximum atomic E-state index is 12.0. The summed E-state index contributed by atoms with van der Waals surface area (Å²) in [4.78, 5) is 8.09. The fourth-order valence-electron chi connectivity index (χ4n) is 1.38. The van der Waals surface area contributed by atoms with E-state index in [4.69, 9.17) is 5.73 Å². The average molecular weight is 304 g/mol. The third-order valence-corrected chi connectivity index (χ3v) is 5.94. The van der Waals surface area contributed by atoms with Crippen molar-refractivity contribution >= 4 is 37.8 Å². The Bertz CT molecular complexity index is 659. The van der Waals surface area contributed by atoms with Crippen LogP contribution in [-0.4, -0.2) is 18.4 Å². The molecule has 2 aromatic rings. The summed E-state index contributed by atoms with van der Waals surface area (Å²) in [6.07, 6.45) is 0. The lowest BCUT2D eigenvalue weighted by Crippen LogP contribution is -2.23. The van der Waals surface area contributed by atoms with Crippen LogP contribution >= 0.6 is 22.7 Å². The average Bonchev–Trinajstić information content (AvgIpc) is 2.82. The Labute approximate surface area is 113 Å². The first-order valence-electron chi connectivity index (χ1n) is 5.02. The van der Waals surface area contributed by atoms with Gasteiger partial charge in [0.25, 0.3) is 10.0 Å². The number of nitrogens with zero attached hydrogens (tertiary/aromatic N) is 2. The van der Waals surface area contributed by atoms with Crippen LogP contribution in [0.5, 0.6) is 0 Å². The van der Waals surface area contributed by atoms with Crippen LogP contribution in [0.25, 0.3) is 0 Å². The monoisotopic (exact) mass is 304 g/mol. The molecular weight excluding hydrogens is 292 g/mol. The molecule has 2 aromatic heterocycles. The van der Waals surface area contributed by atoms with Gasteiger partial charge >= 0.3 is 0 Å². The fraction of sp³-hybridized carbons (Fsp3) is 0.333. The Morgan fingerprint density at radius 3 is 2.61 bits per heavy atom. The van der Waals surface area contributed by atoms with Gasteiger partial charge in [-0.2, -0.15) is 0 Å². The molecule has 0 aliphatic carbocycles. The van der Waals surface area contributed by atoms with Gasteiger partial charge in [-0.15, -0.1) is 11.3 Å². The van der Waals surface area contributed by atoms with E-state index in [9.17, 15) is 8.42 Å². The van der Waals surface area contributed by atoms with Gasteiger partial charge in [0.15, 0.2) is 9.34 Å². The highest BCUT2D eigenvalue weighted by molar-refractivity contribution is 7.91. The summed E-state index contributed by atoms with van der Waals surface area (Å²) in [7, 11) is -3.57. The van der Waals surface area contributed by atoms with Crippen LogP contribution in [0.15, 0.2) is 9.59 Å². The minimum Gasteiger partial charge on any atom is -0.375 e. The molecule has 2 heterocycles. The normalized spacial score (nSPS) is 11.9. The molecule has 0 unspecified atom stereocenters. The Balaban J connectivity index is 2.15. The van der Waals surface area contributed by atoms with E-state index < -0.39 is 10.0 Å². The van der Waals surface area contributed by atoms with E-state index >= 15 is 0 Å². The highest BCUT2D eigenvalue weighted by atomic mass is 32.2. The van der Waals surface area contributed by atoms with E-state index in [0.717, 1.165) is 16.3 Å². The van der Waals surface area contributed by atoms with E-state index in [1.165, 1.54) is 11.3 Å². The highest BCUT2D eigenvalue weighted by Gasteiger charge is 2.21. The van der Waals surface area contributed by atoms with Crippen LogP contribution < -0.4 is 10.5 Å². The summed E-state index contributed by atoms with van der Waals surface area (Å²) >= 11 is 2.44. The molecule has 98 valence electrons. The largest absolute Gasteiger partial charge is 0.375 e. The zero-order valence-electron chi connectivity index (χ0n) is 9.80. The predicted molar refractivity (Wildman–Crippen MR) is 72.1 cm³/mol. The summed E-state index contributed by atoms with van der Waals surface area (Å²) in [6.45, 7) is 3.66. The van der Waals surface area contributed by atoms with Crippen molar-refractivity contribution in [2.45, 2.75) is 24.6 Å². The first-order chi connectivity index (χ1) is 8.38. The summed E-state index contributed by atoms with van der Waals surface area (Å²) in [5.41, 5.74) is 6.61. The van der Waals surface area contributed by atoms with Crippen LogP contribution in [0.3, 0.4) is 0 Å². The van der Waals surface area contributed by atoms with Crippen molar-refractivity contribution in [3.8, 4) is 0 Å². The van der Waals surface area contributed by atoms with E-state index in [1.54, 1.807) is 6.92 Å². The van der Waals surface area contributed by atoms with E-state index in [0.29, 0.717) is 11.4 Å². The quantitative estimate of drug-likeness (QED) is 0.886. The zero-order valence-corrected chi connectivity index (χ0v) is 12.2. The molecule has 2 rings (SSSR count). The highest BCUT2D eigenvalue weighted by Crippen LogP contribution is 2.24. The maximum Gasteiger partial charge on any atom is 0.252 e. The molecule has 0 fully saturated rings. The second-order valence-corrected chi connectivity index (χ2v) is 7.66. The predicted octanol–water partition coefficient (Wildman–Crippen LogP) is 1.28. The van der Waals surface area contributed by atoms with Crippen molar-refractivity contribution in [1.29, 1.82) is 0 Å². The number of aryl methyl sites for hydroxylation is 2. The Hall–Kier alpha value is -1.03. The number of thiazole rings is 2. The second-order valence-electron chi connectivity index (χ2n) is 3.61. The molecule has 0 saturated carbocycles. The molecule has 9 heteroatoms. The number of hydrogen-bond donors (Lipinski definition) is 2. The van der Waals surface area contributed by atoms with Crippen LogP contribution in [0.2, 0.25) is 0 Å². The maximum absolute atomic E-state index is 12.0. The smallest absolute Gasteiger partial charge is 0.252 e. The fourth-order valence-corrected chi connectivity index (χ4v) is 4.33. The van der Waals surface area contributed by atoms with E-state index in [2.05, 4.69) is 14.7 Å². The van der Waals surface area contributed by atoms with Crippen LogP contribution in [0, 0.1) is 13.8 Å². The number of nitrogens with one attached hydrogen (secondary N) is 1. The van der Waals surface area contributed by atoms with Crippen LogP contribution in [-0.2, 0) is 16.6 Å². The Morgan fingerprint density at radius 2 is 2.11 bits per heavy atom. The molecule has 0 spiro atoms. The van der Waals surface area contributed by atoms with E-state index in [1.807, 2.05) is 12.3 Å². The topological polar surface area (TPSA) is 98.0 Å². The lowest BCUT2D eigenvalue weighted by atomic mass is 10.5. The number of nitrogens with two attached hydrogens (primary N) is 1. The summed E-state index contributed by atoms with van der Waals surface area (Å²) in [5.74, 6) is 0. The molecule has 0 atom stereocenters. The third-order valence-electron chi connectivity index (χ3n) is 2.12. The molecule has 3 N–H and O–H groups in total. The number of rotatable bonds is 4. The van der Waals surface area contributed by atoms with Gasteiger partial charge in [-0.3, -0.25) is 0 Å². The Kier molecular flexibility index (Phi) is 3.66. The van der Waals surface area contributed by atoms with Crippen molar-refractivity contribution in [1.82, 2.24) is 14.7 Å². The Morgan fingerprint density at radius 1 is 1.39 bits per heavy atom. The van der Waals surface area contributed by atoms with Crippen LogP contribution in [0.1, 0.15) is 16.4 Å². The minimum atomic E-state index is -3.57. The van der Waals surface area contributed by atoms with Gasteiger partial charge in [-0.1, -0.05) is 11.3 Å². The number of sulfonamides is 1. The lowest BCUT2D eigenvalue weighted by Gasteiger charge is -2.03. The van der Waals surface area contributed by atoms with Gasteiger partial charge in [0.1, 0.15) is 0 Å². The first kappa shape index (κ1) is 13.4. The molecule has 0 radical (unpaired) electrons. The molecule has 0 bridgehead atoms.